The maximum Gasteiger partial charge on any atom is 0.353 e. The smallest absolute Gasteiger partial charge is 0.353 e. The molecule has 1 unspecified atom stereocenters. The number of thiophene rings is 1. The summed E-state index contributed by atoms with van der Waals surface area (Å²) < 4.78 is 16.6. The monoisotopic (exact) mass is 668 g/mol. The van der Waals surface area contributed by atoms with Gasteiger partial charge in [-0.05, 0) is 72.3 Å². The van der Waals surface area contributed by atoms with Crippen LogP contribution >= 0.6 is 18.9 Å². The minimum atomic E-state index is -4.37. The van der Waals surface area contributed by atoms with Crippen LogP contribution in [0, 0.1) is 6.92 Å². The van der Waals surface area contributed by atoms with Gasteiger partial charge in [-0.25, -0.2) is 0 Å². The van der Waals surface area contributed by atoms with E-state index in [9.17, 15) is 14.5 Å². The predicted molar refractivity (Wildman–Crippen MR) is 184 cm³/mol. The first-order valence-electron chi connectivity index (χ1n) is 15.4. The summed E-state index contributed by atoms with van der Waals surface area (Å²) in [6.07, 6.45) is 2.37. The fourth-order valence-corrected chi connectivity index (χ4v) is 5.99. The molecule has 4 rings (SSSR count). The Hall–Kier alpha value is -3.34. The number of rotatable bonds is 17. The summed E-state index contributed by atoms with van der Waals surface area (Å²) in [6.45, 7) is 6.94. The Kier molecular flexibility index (Phi) is 15.6. The first-order valence-corrected chi connectivity index (χ1v) is 17.9. The van der Waals surface area contributed by atoms with Crippen LogP contribution in [0.5, 0.6) is 5.75 Å². The second-order valence-corrected chi connectivity index (χ2v) is 14.0. The van der Waals surface area contributed by atoms with E-state index in [0.29, 0.717) is 32.8 Å². The molecule has 46 heavy (non-hydrogen) atoms. The average molecular weight is 669 g/mol. The second kappa shape index (κ2) is 19.4. The van der Waals surface area contributed by atoms with Crippen LogP contribution in [0.25, 0.3) is 11.1 Å². The van der Waals surface area contributed by atoms with E-state index >= 15 is 0 Å². The molecule has 6 N–H and O–H groups in total. The largest absolute Gasteiger partial charge is 0.488 e. The number of carbonyl (C=O) groups is 1. The first-order chi connectivity index (χ1) is 22.0. The van der Waals surface area contributed by atoms with Gasteiger partial charge >= 0.3 is 13.6 Å². The van der Waals surface area contributed by atoms with Crippen LogP contribution in [0.1, 0.15) is 52.6 Å². The van der Waals surface area contributed by atoms with Crippen LogP contribution in [-0.4, -0.2) is 44.9 Å². The van der Waals surface area contributed by atoms with E-state index in [2.05, 4.69) is 66.9 Å². The zero-order valence-corrected chi connectivity index (χ0v) is 28.1. The van der Waals surface area contributed by atoms with Gasteiger partial charge in [0.25, 0.3) is 0 Å². The standard InChI is InChI=1S/C22H23NO3S.C13H22NO4P/c1-16-21(18-5-3-2-4-6-18)13-20(27-16)15-26-19-9-7-17(8-10-19)14-23-12-11-22(24)25;1-2-3-11-4-6-12(7-5-11)10-14-9-8-13(15)19(16,17)18/h2-10,13,23H,11-12,14-15H2,1H3,(H,24,25);4-7,13-15H,2-3,8-10H2,1H3,(H2,16,17,18). The van der Waals surface area contributed by atoms with Crippen molar-refractivity contribution in [3.05, 3.63) is 111 Å². The molecule has 0 saturated heterocycles. The van der Waals surface area contributed by atoms with Crippen molar-refractivity contribution in [2.45, 2.75) is 65.1 Å². The van der Waals surface area contributed by atoms with Gasteiger partial charge in [-0.15, -0.1) is 11.3 Å². The molecule has 0 spiro atoms. The zero-order valence-electron chi connectivity index (χ0n) is 26.4. The molecule has 248 valence electrons. The SMILES string of the molecule is CCCc1ccc(CNCCC(O)P(=O)(O)O)cc1.Cc1sc(COc2ccc(CNCCC(=O)O)cc2)cc1-c1ccccc1. The van der Waals surface area contributed by atoms with Gasteiger partial charge in [-0.1, -0.05) is 80.1 Å². The van der Waals surface area contributed by atoms with E-state index in [1.807, 2.05) is 42.5 Å². The maximum atomic E-state index is 10.7. The molecule has 0 aliphatic rings. The molecule has 11 heteroatoms. The molecule has 0 aliphatic carbocycles. The molecular formula is C35H45N2O7PS. The van der Waals surface area contributed by atoms with Gasteiger partial charge in [0, 0.05) is 29.4 Å². The summed E-state index contributed by atoms with van der Waals surface area (Å²) in [7, 11) is -4.37. The lowest BCUT2D eigenvalue weighted by atomic mass is 10.1. The summed E-state index contributed by atoms with van der Waals surface area (Å²) in [5.74, 6) is -1.53. The van der Waals surface area contributed by atoms with Crippen molar-refractivity contribution in [2.24, 2.45) is 0 Å². The van der Waals surface area contributed by atoms with Crippen LogP contribution in [0.4, 0.5) is 0 Å². The third kappa shape index (κ3) is 13.6. The quantitative estimate of drug-likeness (QED) is 0.0549. The number of nitrogens with one attached hydrogen (secondary N) is 2. The zero-order chi connectivity index (χ0) is 33.4. The van der Waals surface area contributed by atoms with Gasteiger partial charge in [0.05, 0.1) is 6.42 Å². The minimum Gasteiger partial charge on any atom is -0.488 e. The van der Waals surface area contributed by atoms with Crippen LogP contribution < -0.4 is 15.4 Å². The number of aryl methyl sites for hydroxylation is 2. The highest BCUT2D eigenvalue weighted by Gasteiger charge is 2.25. The molecular weight excluding hydrogens is 623 g/mol. The third-order valence-corrected chi connectivity index (χ3v) is 9.12. The minimum absolute atomic E-state index is 0.0399. The number of hydrogen-bond acceptors (Lipinski definition) is 7. The topological polar surface area (TPSA) is 148 Å². The molecule has 1 aromatic heterocycles. The van der Waals surface area contributed by atoms with Crippen molar-refractivity contribution >= 4 is 24.9 Å². The maximum absolute atomic E-state index is 10.7. The lowest BCUT2D eigenvalue weighted by molar-refractivity contribution is -0.136. The molecule has 1 atom stereocenters. The van der Waals surface area contributed by atoms with Gasteiger partial charge in [-0.2, -0.15) is 0 Å². The lowest BCUT2D eigenvalue weighted by Crippen LogP contribution is -2.20. The number of aliphatic carboxylic acids is 1. The molecule has 3 aromatic carbocycles. The van der Waals surface area contributed by atoms with E-state index in [4.69, 9.17) is 19.6 Å². The van der Waals surface area contributed by atoms with Crippen molar-refractivity contribution < 1.29 is 34.1 Å². The molecule has 0 aliphatic heterocycles. The van der Waals surface area contributed by atoms with Crippen molar-refractivity contribution in [1.29, 1.82) is 0 Å². The van der Waals surface area contributed by atoms with Crippen LogP contribution in [0.2, 0.25) is 0 Å². The first kappa shape index (κ1) is 37.1. The van der Waals surface area contributed by atoms with E-state index in [1.54, 1.807) is 11.3 Å². The number of carboxylic acid groups (broad SMARTS) is 1. The van der Waals surface area contributed by atoms with Gasteiger partial charge in [-0.3, -0.25) is 9.36 Å². The Labute approximate surface area is 275 Å². The number of benzene rings is 3. The van der Waals surface area contributed by atoms with Crippen LogP contribution in [-0.2, 0) is 35.5 Å². The predicted octanol–water partition coefficient (Wildman–Crippen LogP) is 6.48. The van der Waals surface area contributed by atoms with Crippen LogP contribution in [0.3, 0.4) is 0 Å². The lowest BCUT2D eigenvalue weighted by Gasteiger charge is -2.12. The summed E-state index contributed by atoms with van der Waals surface area (Å²) in [4.78, 5) is 30.4. The van der Waals surface area contributed by atoms with E-state index in [-0.39, 0.29) is 12.8 Å². The molecule has 9 nitrogen and oxygen atoms in total. The molecule has 0 fully saturated rings. The fraction of sp³-hybridized carbons (Fsp3) is 0.343. The average Bonchev–Trinajstić information content (AvgIpc) is 3.42. The van der Waals surface area contributed by atoms with Crippen molar-refractivity contribution in [1.82, 2.24) is 10.6 Å². The van der Waals surface area contributed by atoms with E-state index in [0.717, 1.165) is 29.7 Å². The summed E-state index contributed by atoms with van der Waals surface area (Å²) in [5, 5.41) is 24.0. The van der Waals surface area contributed by atoms with Crippen molar-refractivity contribution in [3.63, 3.8) is 0 Å². The molecule has 0 amide bonds. The Morgan fingerprint density at radius 1 is 0.891 bits per heavy atom. The molecule has 0 saturated carbocycles. The Bertz CT molecular complexity index is 1510. The number of ether oxygens (including phenoxy) is 1. The molecule has 4 aromatic rings. The highest BCUT2D eigenvalue weighted by Crippen LogP contribution is 2.40. The fourth-order valence-electron chi connectivity index (χ4n) is 4.55. The van der Waals surface area contributed by atoms with Gasteiger partial charge in [0.15, 0.2) is 5.85 Å². The van der Waals surface area contributed by atoms with Crippen LogP contribution in [0.15, 0.2) is 84.9 Å². The van der Waals surface area contributed by atoms with E-state index < -0.39 is 19.4 Å². The normalized spacial score (nSPS) is 11.8. The van der Waals surface area contributed by atoms with Gasteiger partial charge in [0.1, 0.15) is 12.4 Å². The Morgan fingerprint density at radius 3 is 2.07 bits per heavy atom. The second-order valence-electron chi connectivity index (χ2n) is 10.9. The number of aliphatic hydroxyl groups excluding tert-OH is 1. The molecule has 0 radical (unpaired) electrons. The summed E-state index contributed by atoms with van der Waals surface area (Å²) in [5.41, 5.74) is 6.03. The highest BCUT2D eigenvalue weighted by atomic mass is 32.1. The van der Waals surface area contributed by atoms with Gasteiger partial charge in [0.2, 0.25) is 0 Å². The third-order valence-electron chi connectivity index (χ3n) is 7.06. The number of aliphatic hydroxyl groups is 1. The van der Waals surface area contributed by atoms with E-state index in [1.165, 1.54) is 26.4 Å². The Balaban J connectivity index is 0.000000268. The number of carboxylic acids is 1. The van der Waals surface area contributed by atoms with Crippen molar-refractivity contribution in [3.8, 4) is 16.9 Å². The Morgan fingerprint density at radius 2 is 1.48 bits per heavy atom. The summed E-state index contributed by atoms with van der Waals surface area (Å²) >= 11 is 1.76. The number of hydrogen-bond donors (Lipinski definition) is 6. The van der Waals surface area contributed by atoms with Crippen molar-refractivity contribution in [2.75, 3.05) is 13.1 Å². The van der Waals surface area contributed by atoms with Gasteiger partial charge < -0.3 is 35.4 Å². The summed E-state index contributed by atoms with van der Waals surface area (Å²) in [6, 6.07) is 28.8. The molecule has 0 bridgehead atoms. The highest BCUT2D eigenvalue weighted by molar-refractivity contribution is 7.52. The molecule has 1 heterocycles.